The van der Waals surface area contributed by atoms with Gasteiger partial charge in [-0.1, -0.05) is 23.2 Å². The van der Waals surface area contributed by atoms with Crippen LogP contribution >= 0.6 is 12.4 Å². The monoisotopic (exact) mass is 203 g/mol. The molecule has 0 fully saturated rings. The Balaban J connectivity index is 0.00000144. The highest BCUT2D eigenvalue weighted by molar-refractivity contribution is 5.88. The van der Waals surface area contributed by atoms with Gasteiger partial charge in [-0.05, 0) is 12.1 Å². The molecule has 0 amide bonds. The second kappa shape index (κ2) is 6.42. The zero-order chi connectivity index (χ0) is 8.81. The first-order valence-electron chi connectivity index (χ1n) is 3.44. The predicted octanol–water partition coefficient (Wildman–Crippen LogP) is 1.33. The third-order valence-electron chi connectivity index (χ3n) is 1.21. The van der Waals surface area contributed by atoms with Gasteiger partial charge in [-0.3, -0.25) is 4.89 Å². The zero-order valence-corrected chi connectivity index (χ0v) is 7.84. The molecule has 1 aromatic carbocycles. The van der Waals surface area contributed by atoms with Crippen molar-refractivity contribution in [3.63, 3.8) is 0 Å². The van der Waals surface area contributed by atoms with E-state index in [0.717, 1.165) is 0 Å². The highest BCUT2D eigenvalue weighted by atomic mass is 35.5. The van der Waals surface area contributed by atoms with Crippen LogP contribution in [0.5, 0.6) is 0 Å². The Kier molecular flexibility index (Phi) is 5.88. The minimum atomic E-state index is -0.523. The van der Waals surface area contributed by atoms with Crippen LogP contribution in [0.4, 0.5) is 0 Å². The third-order valence-corrected chi connectivity index (χ3v) is 1.21. The lowest BCUT2D eigenvalue weighted by Gasteiger charge is -1.99. The summed E-state index contributed by atoms with van der Waals surface area (Å²) in [6, 6.07) is 8.59. The average molecular weight is 204 g/mol. The number of benzene rings is 1. The van der Waals surface area contributed by atoms with E-state index in [4.69, 9.17) is 0 Å². The first-order valence-corrected chi connectivity index (χ1v) is 3.44. The molecule has 0 heterocycles. The maximum Gasteiger partial charge on any atom is 0.375 e. The molecule has 0 bridgehead atoms. The molecule has 0 aromatic heterocycles. The lowest BCUT2D eigenvalue weighted by atomic mass is 10.2. The van der Waals surface area contributed by atoms with Crippen LogP contribution in [0.1, 0.15) is 10.4 Å². The zero-order valence-electron chi connectivity index (χ0n) is 7.02. The van der Waals surface area contributed by atoms with Gasteiger partial charge in [0.2, 0.25) is 0 Å². The molecule has 0 saturated heterocycles. The molecule has 0 aliphatic carbocycles. The van der Waals surface area contributed by atoms with Crippen LogP contribution in [0.2, 0.25) is 0 Å². The number of rotatable bonds is 3. The molecule has 1 aromatic rings. The van der Waals surface area contributed by atoms with E-state index >= 15 is 0 Å². The number of hydrogen-bond acceptors (Lipinski definition) is 4. The van der Waals surface area contributed by atoms with Gasteiger partial charge in [-0.2, -0.15) is 5.48 Å². The normalized spacial score (nSPS) is 8.69. The van der Waals surface area contributed by atoms with Crippen molar-refractivity contribution in [3.8, 4) is 0 Å². The quantitative estimate of drug-likeness (QED) is 0.595. The Morgan fingerprint density at radius 3 is 2.46 bits per heavy atom. The van der Waals surface area contributed by atoms with Crippen molar-refractivity contribution < 1.29 is 14.7 Å². The molecule has 72 valence electrons. The number of carbonyl (C=O) groups excluding carboxylic acids is 1. The van der Waals surface area contributed by atoms with Crippen molar-refractivity contribution in [2.45, 2.75) is 0 Å². The van der Waals surface area contributed by atoms with Gasteiger partial charge >= 0.3 is 5.97 Å². The number of nitrogens with one attached hydrogen (secondary N) is 1. The van der Waals surface area contributed by atoms with Crippen LogP contribution in [0.3, 0.4) is 0 Å². The van der Waals surface area contributed by atoms with Crippen molar-refractivity contribution in [1.82, 2.24) is 5.48 Å². The van der Waals surface area contributed by atoms with Crippen LogP contribution in [-0.2, 0) is 9.88 Å². The summed E-state index contributed by atoms with van der Waals surface area (Å²) >= 11 is 0. The summed E-state index contributed by atoms with van der Waals surface area (Å²) < 4.78 is 0. The fourth-order valence-corrected chi connectivity index (χ4v) is 0.702. The number of hydrogen-bond donors (Lipinski definition) is 1. The second-order valence-corrected chi connectivity index (χ2v) is 2.02. The van der Waals surface area contributed by atoms with Crippen LogP contribution < -0.4 is 5.48 Å². The minimum absolute atomic E-state index is 0. The average Bonchev–Trinajstić information content (AvgIpc) is 2.15. The van der Waals surface area contributed by atoms with E-state index in [1.54, 1.807) is 24.3 Å². The van der Waals surface area contributed by atoms with Crippen LogP contribution in [0.25, 0.3) is 0 Å². The van der Waals surface area contributed by atoms with Crippen molar-refractivity contribution in [1.29, 1.82) is 0 Å². The summed E-state index contributed by atoms with van der Waals surface area (Å²) in [6.07, 6.45) is 0. The minimum Gasteiger partial charge on any atom is -0.274 e. The van der Waals surface area contributed by atoms with E-state index in [1.165, 1.54) is 7.05 Å². The molecule has 0 aliphatic rings. The maximum absolute atomic E-state index is 11.0. The molecule has 4 nitrogen and oxygen atoms in total. The highest BCUT2D eigenvalue weighted by Gasteiger charge is 2.05. The van der Waals surface area contributed by atoms with Crippen molar-refractivity contribution in [3.05, 3.63) is 35.9 Å². The van der Waals surface area contributed by atoms with Gasteiger partial charge in [-0.15, -0.1) is 12.4 Å². The Hall–Kier alpha value is -1.10. The summed E-state index contributed by atoms with van der Waals surface area (Å²) in [6.45, 7) is 0. The summed E-state index contributed by atoms with van der Waals surface area (Å²) in [5.41, 5.74) is 2.68. The second-order valence-electron chi connectivity index (χ2n) is 2.02. The third kappa shape index (κ3) is 3.89. The molecule has 13 heavy (non-hydrogen) atoms. The molecule has 0 saturated carbocycles. The van der Waals surface area contributed by atoms with E-state index in [9.17, 15) is 4.79 Å². The largest absolute Gasteiger partial charge is 0.375 e. The molecular weight excluding hydrogens is 194 g/mol. The molecule has 0 radical (unpaired) electrons. The number of hydroxylamine groups is 1. The molecule has 0 atom stereocenters. The lowest BCUT2D eigenvalue weighted by Crippen LogP contribution is -2.13. The van der Waals surface area contributed by atoms with Crippen LogP contribution in [0, 0.1) is 0 Å². The molecule has 0 unspecified atom stereocenters. The van der Waals surface area contributed by atoms with Gasteiger partial charge in [0.25, 0.3) is 0 Å². The maximum atomic E-state index is 11.0. The van der Waals surface area contributed by atoms with Crippen molar-refractivity contribution in [2.24, 2.45) is 0 Å². The Morgan fingerprint density at radius 2 is 1.92 bits per heavy atom. The van der Waals surface area contributed by atoms with E-state index < -0.39 is 5.97 Å². The number of halogens is 1. The van der Waals surface area contributed by atoms with E-state index in [1.807, 2.05) is 6.07 Å². The fraction of sp³-hybridized carbons (Fsp3) is 0.125. The van der Waals surface area contributed by atoms with Gasteiger partial charge in [0.1, 0.15) is 0 Å². The van der Waals surface area contributed by atoms with Gasteiger partial charge in [0.15, 0.2) is 0 Å². The van der Waals surface area contributed by atoms with Gasteiger partial charge in [0, 0.05) is 7.05 Å². The molecule has 5 heteroatoms. The Labute approximate surface area is 82.1 Å². The first kappa shape index (κ1) is 11.9. The standard InChI is InChI=1S/C8H9NO3.ClH/c1-9-12-11-8(10)7-5-3-2-4-6-7;/h2-6,9H,1H3;1H. The van der Waals surface area contributed by atoms with Gasteiger partial charge in [-0.25, -0.2) is 4.79 Å². The SMILES string of the molecule is CNOOC(=O)c1ccccc1.Cl. The molecule has 1 rings (SSSR count). The van der Waals surface area contributed by atoms with Crippen molar-refractivity contribution >= 4 is 18.4 Å². The predicted molar refractivity (Wildman–Crippen MR) is 49.3 cm³/mol. The molecule has 0 aliphatic heterocycles. The van der Waals surface area contributed by atoms with Crippen molar-refractivity contribution in [2.75, 3.05) is 7.05 Å². The lowest BCUT2D eigenvalue weighted by molar-refractivity contribution is -0.281. The van der Waals surface area contributed by atoms with Gasteiger partial charge < -0.3 is 0 Å². The Bertz CT molecular complexity index is 253. The summed E-state index contributed by atoms with van der Waals surface area (Å²) in [7, 11) is 1.50. The van der Waals surface area contributed by atoms with E-state index in [0.29, 0.717) is 5.56 Å². The first-order chi connectivity index (χ1) is 5.84. The summed E-state index contributed by atoms with van der Waals surface area (Å²) in [5.74, 6) is -0.523. The fourth-order valence-electron chi connectivity index (χ4n) is 0.702. The smallest absolute Gasteiger partial charge is 0.274 e. The van der Waals surface area contributed by atoms with Crippen LogP contribution in [-0.4, -0.2) is 13.0 Å². The molecular formula is C8H10ClNO3. The van der Waals surface area contributed by atoms with Crippen LogP contribution in [0.15, 0.2) is 30.3 Å². The topological polar surface area (TPSA) is 47.6 Å². The Morgan fingerprint density at radius 1 is 1.31 bits per heavy atom. The molecule has 1 N–H and O–H groups in total. The number of carbonyl (C=O) groups is 1. The van der Waals surface area contributed by atoms with Gasteiger partial charge in [0.05, 0.1) is 5.56 Å². The highest BCUT2D eigenvalue weighted by Crippen LogP contribution is 2.00. The van der Waals surface area contributed by atoms with E-state index in [2.05, 4.69) is 15.4 Å². The van der Waals surface area contributed by atoms with E-state index in [-0.39, 0.29) is 12.4 Å². The summed E-state index contributed by atoms with van der Waals surface area (Å²) in [4.78, 5) is 19.6. The summed E-state index contributed by atoms with van der Waals surface area (Å²) in [5, 5.41) is 0. The molecule has 0 spiro atoms.